The van der Waals surface area contributed by atoms with Crippen LogP contribution in [0.15, 0.2) is 32.5 Å². The standard InChI is InChI=1S/C10H10N6O2S/c1-6(19-10-12-14-15-16(10)2)9-11-8(13-18-9)7-4-3-5-17-7/h3-6H,1-2H3/t6-/m1/s1. The van der Waals surface area contributed by atoms with Crippen LogP contribution >= 0.6 is 11.8 Å². The predicted molar refractivity (Wildman–Crippen MR) is 65.1 cm³/mol. The highest BCUT2D eigenvalue weighted by Crippen LogP contribution is 2.32. The van der Waals surface area contributed by atoms with Gasteiger partial charge in [0, 0.05) is 7.05 Å². The first-order valence-electron chi connectivity index (χ1n) is 5.50. The van der Waals surface area contributed by atoms with Crippen LogP contribution in [0.25, 0.3) is 11.6 Å². The molecular formula is C10H10N6O2S. The Labute approximate surface area is 112 Å². The lowest BCUT2D eigenvalue weighted by molar-refractivity contribution is 0.379. The molecule has 3 aromatic heterocycles. The van der Waals surface area contributed by atoms with E-state index in [9.17, 15) is 0 Å². The smallest absolute Gasteiger partial charge is 0.240 e. The van der Waals surface area contributed by atoms with E-state index in [4.69, 9.17) is 8.94 Å². The highest BCUT2D eigenvalue weighted by molar-refractivity contribution is 7.99. The molecule has 98 valence electrons. The molecule has 0 spiro atoms. The minimum Gasteiger partial charge on any atom is -0.461 e. The summed E-state index contributed by atoms with van der Waals surface area (Å²) in [6.45, 7) is 1.94. The van der Waals surface area contributed by atoms with Gasteiger partial charge in [-0.1, -0.05) is 16.9 Å². The van der Waals surface area contributed by atoms with Crippen LogP contribution in [-0.4, -0.2) is 30.3 Å². The van der Waals surface area contributed by atoms with E-state index in [1.54, 1.807) is 30.1 Å². The number of tetrazole rings is 1. The zero-order valence-electron chi connectivity index (χ0n) is 10.2. The third kappa shape index (κ3) is 2.36. The molecule has 0 radical (unpaired) electrons. The van der Waals surface area contributed by atoms with Crippen molar-refractivity contribution in [3.63, 3.8) is 0 Å². The van der Waals surface area contributed by atoms with Crippen molar-refractivity contribution in [3.05, 3.63) is 24.3 Å². The highest BCUT2D eigenvalue weighted by Gasteiger charge is 2.19. The van der Waals surface area contributed by atoms with Crippen molar-refractivity contribution >= 4 is 11.8 Å². The number of hydrogen-bond acceptors (Lipinski definition) is 8. The Balaban J connectivity index is 1.77. The first-order valence-corrected chi connectivity index (χ1v) is 6.38. The molecule has 0 N–H and O–H groups in total. The molecule has 0 saturated carbocycles. The Morgan fingerprint density at radius 2 is 2.32 bits per heavy atom. The molecular weight excluding hydrogens is 268 g/mol. The minimum atomic E-state index is -0.0547. The lowest BCUT2D eigenvalue weighted by atomic mass is 10.4. The van der Waals surface area contributed by atoms with Gasteiger partial charge in [-0.15, -0.1) is 5.10 Å². The van der Waals surface area contributed by atoms with Gasteiger partial charge in [0.2, 0.25) is 16.9 Å². The largest absolute Gasteiger partial charge is 0.461 e. The molecule has 0 aliphatic carbocycles. The van der Waals surface area contributed by atoms with Crippen LogP contribution in [0.4, 0.5) is 0 Å². The first kappa shape index (κ1) is 11.9. The van der Waals surface area contributed by atoms with E-state index in [0.717, 1.165) is 0 Å². The Morgan fingerprint density at radius 1 is 1.42 bits per heavy atom. The van der Waals surface area contributed by atoms with Crippen LogP contribution in [0.5, 0.6) is 0 Å². The van der Waals surface area contributed by atoms with Crippen molar-refractivity contribution in [1.29, 1.82) is 0 Å². The summed E-state index contributed by atoms with van der Waals surface area (Å²) in [7, 11) is 1.77. The molecule has 3 heterocycles. The molecule has 0 unspecified atom stereocenters. The van der Waals surface area contributed by atoms with Gasteiger partial charge in [0.15, 0.2) is 5.76 Å². The quantitative estimate of drug-likeness (QED) is 0.665. The second-order valence-corrected chi connectivity index (χ2v) is 5.09. The molecule has 0 amide bonds. The monoisotopic (exact) mass is 278 g/mol. The zero-order chi connectivity index (χ0) is 13.2. The van der Waals surface area contributed by atoms with Crippen LogP contribution in [0.2, 0.25) is 0 Å². The van der Waals surface area contributed by atoms with E-state index >= 15 is 0 Å². The normalized spacial score (nSPS) is 12.7. The van der Waals surface area contributed by atoms with E-state index in [0.29, 0.717) is 22.6 Å². The van der Waals surface area contributed by atoms with Crippen molar-refractivity contribution < 1.29 is 8.94 Å². The Bertz CT molecular complexity index is 661. The maximum atomic E-state index is 5.22. The Hall–Kier alpha value is -2.16. The average Bonchev–Trinajstić information content (AvgIpc) is 3.09. The number of rotatable bonds is 4. The van der Waals surface area contributed by atoms with Crippen molar-refractivity contribution in [2.24, 2.45) is 7.05 Å². The molecule has 0 aliphatic heterocycles. The van der Waals surface area contributed by atoms with Gasteiger partial charge in [-0.2, -0.15) is 4.98 Å². The SMILES string of the molecule is C[C@@H](Sc1nnnn1C)c1nc(-c2ccco2)no1. The summed E-state index contributed by atoms with van der Waals surface area (Å²) < 4.78 is 12.0. The molecule has 0 aliphatic rings. The van der Waals surface area contributed by atoms with Gasteiger partial charge in [-0.25, -0.2) is 4.68 Å². The number of aryl methyl sites for hydroxylation is 1. The molecule has 0 fully saturated rings. The highest BCUT2D eigenvalue weighted by atomic mass is 32.2. The van der Waals surface area contributed by atoms with Gasteiger partial charge >= 0.3 is 0 Å². The number of nitrogens with zero attached hydrogens (tertiary/aromatic N) is 6. The fourth-order valence-electron chi connectivity index (χ4n) is 1.44. The summed E-state index contributed by atoms with van der Waals surface area (Å²) in [6.07, 6.45) is 1.56. The van der Waals surface area contributed by atoms with Crippen LogP contribution in [0.3, 0.4) is 0 Å². The first-order chi connectivity index (χ1) is 9.24. The summed E-state index contributed by atoms with van der Waals surface area (Å²) >= 11 is 1.44. The van der Waals surface area contributed by atoms with E-state index < -0.39 is 0 Å². The number of furan rings is 1. The summed E-state index contributed by atoms with van der Waals surface area (Å²) in [5, 5.41) is 15.7. The topological polar surface area (TPSA) is 95.7 Å². The summed E-state index contributed by atoms with van der Waals surface area (Å²) in [5.41, 5.74) is 0. The average molecular weight is 278 g/mol. The van der Waals surface area contributed by atoms with Crippen LogP contribution in [-0.2, 0) is 7.05 Å². The maximum absolute atomic E-state index is 5.22. The van der Waals surface area contributed by atoms with Crippen molar-refractivity contribution in [3.8, 4) is 11.6 Å². The molecule has 1 atom stereocenters. The molecule has 3 aromatic rings. The molecule has 3 rings (SSSR count). The van der Waals surface area contributed by atoms with Gasteiger partial charge in [0.25, 0.3) is 0 Å². The summed E-state index contributed by atoms with van der Waals surface area (Å²) in [6, 6.07) is 3.55. The number of thioether (sulfide) groups is 1. The summed E-state index contributed by atoms with van der Waals surface area (Å²) in [4.78, 5) is 4.29. The van der Waals surface area contributed by atoms with Crippen LogP contribution < -0.4 is 0 Å². The van der Waals surface area contributed by atoms with E-state index in [-0.39, 0.29) is 5.25 Å². The number of hydrogen-bond donors (Lipinski definition) is 0. The predicted octanol–water partition coefficient (Wildman–Crippen LogP) is 1.71. The number of aromatic nitrogens is 6. The molecule has 0 bridgehead atoms. The third-order valence-electron chi connectivity index (χ3n) is 2.39. The van der Waals surface area contributed by atoms with Gasteiger partial charge in [0.05, 0.1) is 11.5 Å². The van der Waals surface area contributed by atoms with Gasteiger partial charge in [-0.05, 0) is 29.5 Å². The fraction of sp³-hybridized carbons (Fsp3) is 0.300. The molecule has 19 heavy (non-hydrogen) atoms. The van der Waals surface area contributed by atoms with E-state index in [2.05, 4.69) is 25.7 Å². The fourth-order valence-corrected chi connectivity index (χ4v) is 2.22. The third-order valence-corrected chi connectivity index (χ3v) is 3.51. The van der Waals surface area contributed by atoms with Crippen LogP contribution in [0, 0.1) is 0 Å². The maximum Gasteiger partial charge on any atom is 0.240 e. The van der Waals surface area contributed by atoms with Gasteiger partial charge in [-0.3, -0.25) is 0 Å². The molecule has 8 nitrogen and oxygen atoms in total. The lowest BCUT2D eigenvalue weighted by Gasteiger charge is -2.03. The molecule has 0 aromatic carbocycles. The van der Waals surface area contributed by atoms with Gasteiger partial charge < -0.3 is 8.94 Å². The van der Waals surface area contributed by atoms with Crippen molar-refractivity contribution in [2.45, 2.75) is 17.3 Å². The minimum absolute atomic E-state index is 0.0547. The van der Waals surface area contributed by atoms with Crippen molar-refractivity contribution in [2.75, 3.05) is 0 Å². The van der Waals surface area contributed by atoms with Crippen molar-refractivity contribution in [1.82, 2.24) is 30.3 Å². The molecule has 9 heteroatoms. The zero-order valence-corrected chi connectivity index (χ0v) is 11.0. The van der Waals surface area contributed by atoms with E-state index in [1.165, 1.54) is 11.8 Å². The molecule has 0 saturated heterocycles. The summed E-state index contributed by atoms with van der Waals surface area (Å²) in [5.74, 6) is 1.51. The lowest BCUT2D eigenvalue weighted by Crippen LogP contribution is -1.96. The second kappa shape index (κ2) is 4.84. The van der Waals surface area contributed by atoms with E-state index in [1.807, 2.05) is 6.92 Å². The Morgan fingerprint density at radius 3 is 3.00 bits per heavy atom. The Kier molecular flexibility index (Phi) is 3.03. The van der Waals surface area contributed by atoms with Crippen LogP contribution in [0.1, 0.15) is 18.1 Å². The van der Waals surface area contributed by atoms with Gasteiger partial charge in [0.1, 0.15) is 0 Å². The second-order valence-electron chi connectivity index (χ2n) is 3.78.